The fourth-order valence-electron chi connectivity index (χ4n) is 1.36. The van der Waals surface area contributed by atoms with E-state index in [1.807, 2.05) is 0 Å². The van der Waals surface area contributed by atoms with Crippen molar-refractivity contribution in [2.75, 3.05) is 0 Å². The summed E-state index contributed by atoms with van der Waals surface area (Å²) in [6.45, 7) is 4.37. The standard InChI is InChI=1S/C11H23NO/c1-3-5-7-8-10-11(12-13)9-6-4-2/h13H,3-10H2,1-2H3. The fraction of sp³-hybridized carbons (Fsp3) is 0.909. The molecule has 13 heavy (non-hydrogen) atoms. The lowest BCUT2D eigenvalue weighted by Gasteiger charge is -2.02. The molecular weight excluding hydrogens is 162 g/mol. The summed E-state index contributed by atoms with van der Waals surface area (Å²) in [4.78, 5) is 0. The largest absolute Gasteiger partial charge is 0.411 e. The number of unbranched alkanes of at least 4 members (excludes halogenated alkanes) is 4. The van der Waals surface area contributed by atoms with Gasteiger partial charge < -0.3 is 5.21 Å². The molecule has 0 aliphatic carbocycles. The highest BCUT2D eigenvalue weighted by atomic mass is 16.4. The van der Waals surface area contributed by atoms with Crippen LogP contribution in [0.5, 0.6) is 0 Å². The van der Waals surface area contributed by atoms with E-state index in [-0.39, 0.29) is 0 Å². The second-order valence-electron chi connectivity index (χ2n) is 3.58. The third-order valence-electron chi connectivity index (χ3n) is 2.28. The number of hydrogen-bond acceptors (Lipinski definition) is 2. The van der Waals surface area contributed by atoms with Crippen LogP contribution in [0.2, 0.25) is 0 Å². The van der Waals surface area contributed by atoms with Crippen molar-refractivity contribution in [2.45, 2.75) is 65.2 Å². The van der Waals surface area contributed by atoms with Crippen molar-refractivity contribution >= 4 is 5.71 Å². The number of hydrogen-bond donors (Lipinski definition) is 1. The van der Waals surface area contributed by atoms with Crippen LogP contribution in [0.15, 0.2) is 5.16 Å². The first-order valence-electron chi connectivity index (χ1n) is 5.54. The van der Waals surface area contributed by atoms with E-state index in [9.17, 15) is 0 Å². The lowest BCUT2D eigenvalue weighted by atomic mass is 10.1. The van der Waals surface area contributed by atoms with Crippen LogP contribution < -0.4 is 0 Å². The minimum absolute atomic E-state index is 0.971. The Labute approximate surface area is 82.0 Å². The van der Waals surface area contributed by atoms with Gasteiger partial charge in [-0.25, -0.2) is 0 Å². The highest BCUT2D eigenvalue weighted by Crippen LogP contribution is 2.07. The first-order chi connectivity index (χ1) is 6.35. The van der Waals surface area contributed by atoms with E-state index in [0.29, 0.717) is 0 Å². The second kappa shape index (κ2) is 9.56. The molecule has 0 unspecified atom stereocenters. The van der Waals surface area contributed by atoms with E-state index in [0.717, 1.165) is 25.0 Å². The Bertz CT molecular complexity index is 132. The molecule has 0 aliphatic rings. The van der Waals surface area contributed by atoms with Gasteiger partial charge in [-0.2, -0.15) is 0 Å². The molecule has 0 fully saturated rings. The molecule has 0 atom stereocenters. The normalized spacial score (nSPS) is 12.0. The quantitative estimate of drug-likeness (QED) is 0.264. The van der Waals surface area contributed by atoms with E-state index < -0.39 is 0 Å². The van der Waals surface area contributed by atoms with Crippen molar-refractivity contribution < 1.29 is 5.21 Å². The summed E-state index contributed by atoms with van der Waals surface area (Å²) in [7, 11) is 0. The average molecular weight is 185 g/mol. The van der Waals surface area contributed by atoms with Gasteiger partial charge >= 0.3 is 0 Å². The van der Waals surface area contributed by atoms with Gasteiger partial charge in [0, 0.05) is 0 Å². The predicted molar refractivity (Wildman–Crippen MR) is 57.5 cm³/mol. The van der Waals surface area contributed by atoms with Gasteiger partial charge in [0.1, 0.15) is 0 Å². The third-order valence-corrected chi connectivity index (χ3v) is 2.28. The maximum Gasteiger partial charge on any atom is 0.0570 e. The molecule has 0 aromatic heterocycles. The third kappa shape index (κ3) is 7.82. The van der Waals surface area contributed by atoms with Gasteiger partial charge in [0.15, 0.2) is 0 Å². The molecule has 0 amide bonds. The SMILES string of the molecule is CCCCCCC(CCCC)=NO. The Hall–Kier alpha value is -0.530. The van der Waals surface area contributed by atoms with Crippen molar-refractivity contribution in [3.8, 4) is 0 Å². The highest BCUT2D eigenvalue weighted by Gasteiger charge is 1.99. The molecule has 1 N–H and O–H groups in total. The summed E-state index contributed by atoms with van der Waals surface area (Å²) in [5.74, 6) is 0. The molecule has 0 aromatic rings. The fourth-order valence-corrected chi connectivity index (χ4v) is 1.36. The monoisotopic (exact) mass is 185 g/mol. The first kappa shape index (κ1) is 12.5. The van der Waals surface area contributed by atoms with Crippen LogP contribution in [0, 0.1) is 0 Å². The van der Waals surface area contributed by atoms with Crippen molar-refractivity contribution in [1.82, 2.24) is 0 Å². The zero-order valence-corrected chi connectivity index (χ0v) is 9.05. The van der Waals surface area contributed by atoms with Gasteiger partial charge in [-0.15, -0.1) is 0 Å². The molecular formula is C11H23NO. The van der Waals surface area contributed by atoms with Crippen LogP contribution in [-0.2, 0) is 0 Å². The summed E-state index contributed by atoms with van der Waals surface area (Å²) in [6, 6.07) is 0. The summed E-state index contributed by atoms with van der Waals surface area (Å²) >= 11 is 0. The van der Waals surface area contributed by atoms with Crippen LogP contribution in [0.4, 0.5) is 0 Å². The Morgan fingerprint density at radius 2 is 1.54 bits per heavy atom. The van der Waals surface area contributed by atoms with E-state index in [1.165, 1.54) is 32.1 Å². The number of nitrogens with zero attached hydrogens (tertiary/aromatic N) is 1. The molecule has 0 aliphatic heterocycles. The van der Waals surface area contributed by atoms with Crippen molar-refractivity contribution in [2.24, 2.45) is 5.16 Å². The molecule has 0 saturated heterocycles. The molecule has 0 heterocycles. The second-order valence-corrected chi connectivity index (χ2v) is 3.58. The molecule has 0 radical (unpaired) electrons. The van der Waals surface area contributed by atoms with Gasteiger partial charge in [-0.1, -0.05) is 44.7 Å². The lowest BCUT2D eigenvalue weighted by molar-refractivity contribution is 0.315. The summed E-state index contributed by atoms with van der Waals surface area (Å²) in [5, 5.41) is 12.0. The van der Waals surface area contributed by atoms with E-state index in [1.54, 1.807) is 0 Å². The van der Waals surface area contributed by atoms with Gasteiger partial charge in [-0.3, -0.25) is 0 Å². The maximum atomic E-state index is 8.70. The van der Waals surface area contributed by atoms with E-state index >= 15 is 0 Å². The number of oxime groups is 1. The Kier molecular flexibility index (Phi) is 9.17. The van der Waals surface area contributed by atoms with Gasteiger partial charge in [0.25, 0.3) is 0 Å². The molecule has 0 rings (SSSR count). The number of rotatable bonds is 8. The summed E-state index contributed by atoms with van der Waals surface area (Å²) in [6.07, 6.45) is 9.28. The zero-order chi connectivity index (χ0) is 9.94. The summed E-state index contributed by atoms with van der Waals surface area (Å²) < 4.78 is 0. The smallest absolute Gasteiger partial charge is 0.0570 e. The van der Waals surface area contributed by atoms with Crippen LogP contribution in [0.25, 0.3) is 0 Å². The topological polar surface area (TPSA) is 32.6 Å². The van der Waals surface area contributed by atoms with E-state index in [2.05, 4.69) is 19.0 Å². The molecule has 0 spiro atoms. The molecule has 0 saturated carbocycles. The van der Waals surface area contributed by atoms with E-state index in [4.69, 9.17) is 5.21 Å². The van der Waals surface area contributed by atoms with Crippen molar-refractivity contribution in [3.05, 3.63) is 0 Å². The van der Waals surface area contributed by atoms with Crippen LogP contribution in [-0.4, -0.2) is 10.9 Å². The molecule has 78 valence electrons. The zero-order valence-electron chi connectivity index (χ0n) is 9.05. The minimum atomic E-state index is 0.971. The predicted octanol–water partition coefficient (Wildman–Crippen LogP) is 3.98. The maximum absolute atomic E-state index is 8.70. The minimum Gasteiger partial charge on any atom is -0.411 e. The Morgan fingerprint density at radius 3 is 2.08 bits per heavy atom. The average Bonchev–Trinajstić information content (AvgIpc) is 2.17. The summed E-state index contributed by atoms with van der Waals surface area (Å²) in [5.41, 5.74) is 0.984. The molecule has 2 nitrogen and oxygen atoms in total. The Morgan fingerprint density at radius 1 is 0.923 bits per heavy atom. The molecule has 2 heteroatoms. The first-order valence-corrected chi connectivity index (χ1v) is 5.54. The molecule has 0 aromatic carbocycles. The van der Waals surface area contributed by atoms with Crippen molar-refractivity contribution in [3.63, 3.8) is 0 Å². The van der Waals surface area contributed by atoms with Gasteiger partial charge in [0.2, 0.25) is 0 Å². The lowest BCUT2D eigenvalue weighted by Crippen LogP contribution is -1.98. The van der Waals surface area contributed by atoms with Crippen molar-refractivity contribution in [1.29, 1.82) is 0 Å². The van der Waals surface area contributed by atoms with Crippen LogP contribution in [0.3, 0.4) is 0 Å². The van der Waals surface area contributed by atoms with Gasteiger partial charge in [0.05, 0.1) is 5.71 Å². The van der Waals surface area contributed by atoms with Crippen LogP contribution >= 0.6 is 0 Å². The molecule has 0 bridgehead atoms. The highest BCUT2D eigenvalue weighted by molar-refractivity contribution is 5.83. The Balaban J connectivity index is 3.38. The van der Waals surface area contributed by atoms with Crippen LogP contribution in [0.1, 0.15) is 65.2 Å². The van der Waals surface area contributed by atoms with Gasteiger partial charge in [-0.05, 0) is 25.7 Å².